The molecule has 1 amide bonds. The Hall–Kier alpha value is -1.89. The molecule has 0 heterocycles. The highest BCUT2D eigenvalue weighted by Gasteiger charge is 2.04. The Morgan fingerprint density at radius 3 is 2.30 bits per heavy atom. The van der Waals surface area contributed by atoms with E-state index < -0.39 is 0 Å². The zero-order valence-electron chi connectivity index (χ0n) is 12.8. The standard InChI is InChI=1S/C18H18INO3/c1-13(21)2-3-14-4-10-17(11-5-14)23-12-18(22)20-16-8-6-15(19)7-9-16/h4-11H,2-3,12H2,1H3,(H,20,22). The van der Waals surface area contributed by atoms with E-state index in [1.807, 2.05) is 48.5 Å². The van der Waals surface area contributed by atoms with Crippen LogP contribution in [0, 0.1) is 3.57 Å². The van der Waals surface area contributed by atoms with Gasteiger partial charge in [-0.15, -0.1) is 0 Å². The molecule has 0 unspecified atom stereocenters. The average molecular weight is 423 g/mol. The number of carbonyl (C=O) groups excluding carboxylic acids is 2. The van der Waals surface area contributed by atoms with Crippen molar-refractivity contribution in [3.63, 3.8) is 0 Å². The molecule has 2 aromatic rings. The van der Waals surface area contributed by atoms with Gasteiger partial charge in [0.05, 0.1) is 0 Å². The molecule has 0 atom stereocenters. The monoisotopic (exact) mass is 423 g/mol. The molecule has 0 spiro atoms. The van der Waals surface area contributed by atoms with E-state index in [9.17, 15) is 9.59 Å². The second-order valence-electron chi connectivity index (χ2n) is 5.19. The molecule has 0 aliphatic carbocycles. The third-order valence-electron chi connectivity index (χ3n) is 3.19. The van der Waals surface area contributed by atoms with Gasteiger partial charge in [0.15, 0.2) is 6.61 Å². The summed E-state index contributed by atoms with van der Waals surface area (Å²) in [6, 6.07) is 15.0. The van der Waals surface area contributed by atoms with Crippen LogP contribution in [0.25, 0.3) is 0 Å². The van der Waals surface area contributed by atoms with Crippen molar-refractivity contribution < 1.29 is 14.3 Å². The number of ether oxygens (including phenoxy) is 1. The fourth-order valence-electron chi connectivity index (χ4n) is 1.95. The fourth-order valence-corrected chi connectivity index (χ4v) is 2.31. The van der Waals surface area contributed by atoms with E-state index in [4.69, 9.17) is 4.74 Å². The molecule has 4 nitrogen and oxygen atoms in total. The normalized spacial score (nSPS) is 10.2. The number of carbonyl (C=O) groups is 2. The van der Waals surface area contributed by atoms with Gasteiger partial charge in [-0.05, 0) is 77.9 Å². The number of rotatable bonds is 7. The molecule has 0 aliphatic heterocycles. The lowest BCUT2D eigenvalue weighted by Crippen LogP contribution is -2.20. The van der Waals surface area contributed by atoms with Gasteiger partial charge < -0.3 is 14.8 Å². The Balaban J connectivity index is 1.79. The predicted octanol–water partition coefficient (Wildman–Crippen LogP) is 3.83. The first-order valence-electron chi connectivity index (χ1n) is 7.29. The maximum absolute atomic E-state index is 11.8. The molecule has 2 rings (SSSR count). The van der Waals surface area contributed by atoms with Crippen molar-refractivity contribution in [3.8, 4) is 5.75 Å². The maximum atomic E-state index is 11.8. The van der Waals surface area contributed by atoms with Gasteiger partial charge in [-0.2, -0.15) is 0 Å². The van der Waals surface area contributed by atoms with Gasteiger partial charge in [-0.25, -0.2) is 0 Å². The summed E-state index contributed by atoms with van der Waals surface area (Å²) in [5.74, 6) is 0.610. The quantitative estimate of drug-likeness (QED) is 0.689. The number of anilines is 1. The lowest BCUT2D eigenvalue weighted by atomic mass is 10.1. The van der Waals surface area contributed by atoms with Crippen LogP contribution in [0.1, 0.15) is 18.9 Å². The number of amides is 1. The van der Waals surface area contributed by atoms with E-state index >= 15 is 0 Å². The molecule has 0 aromatic heterocycles. The molecular weight excluding hydrogens is 405 g/mol. The lowest BCUT2D eigenvalue weighted by molar-refractivity contribution is -0.118. The van der Waals surface area contributed by atoms with E-state index in [2.05, 4.69) is 27.9 Å². The Morgan fingerprint density at radius 1 is 1.04 bits per heavy atom. The molecule has 1 N–H and O–H groups in total. The van der Waals surface area contributed by atoms with Crippen molar-refractivity contribution in [2.75, 3.05) is 11.9 Å². The lowest BCUT2D eigenvalue weighted by Gasteiger charge is -2.08. The summed E-state index contributed by atoms with van der Waals surface area (Å²) in [5.41, 5.74) is 1.83. The highest BCUT2D eigenvalue weighted by Crippen LogP contribution is 2.14. The van der Waals surface area contributed by atoms with Crippen molar-refractivity contribution in [2.45, 2.75) is 19.8 Å². The number of Topliss-reactive ketones (excluding diaryl/α,β-unsaturated/α-hetero) is 1. The van der Waals surface area contributed by atoms with E-state index in [1.165, 1.54) is 0 Å². The maximum Gasteiger partial charge on any atom is 0.262 e. The van der Waals surface area contributed by atoms with Gasteiger partial charge in [0.2, 0.25) is 0 Å². The van der Waals surface area contributed by atoms with Gasteiger partial charge in [-0.1, -0.05) is 12.1 Å². The number of hydrogen-bond acceptors (Lipinski definition) is 3. The van der Waals surface area contributed by atoms with Crippen LogP contribution in [-0.2, 0) is 16.0 Å². The van der Waals surface area contributed by atoms with Crippen molar-refractivity contribution in [1.82, 2.24) is 0 Å². The first-order valence-corrected chi connectivity index (χ1v) is 8.37. The summed E-state index contributed by atoms with van der Waals surface area (Å²) in [7, 11) is 0. The summed E-state index contributed by atoms with van der Waals surface area (Å²) < 4.78 is 6.58. The van der Waals surface area contributed by atoms with Crippen LogP contribution in [0.3, 0.4) is 0 Å². The van der Waals surface area contributed by atoms with Gasteiger partial charge >= 0.3 is 0 Å². The third-order valence-corrected chi connectivity index (χ3v) is 3.91. The number of benzene rings is 2. The molecular formula is C18H18INO3. The first-order chi connectivity index (χ1) is 11.0. The average Bonchev–Trinajstić information content (AvgIpc) is 2.54. The zero-order valence-corrected chi connectivity index (χ0v) is 15.0. The predicted molar refractivity (Wildman–Crippen MR) is 98.7 cm³/mol. The van der Waals surface area contributed by atoms with Crippen LogP contribution in [-0.4, -0.2) is 18.3 Å². The Morgan fingerprint density at radius 2 is 1.70 bits per heavy atom. The summed E-state index contributed by atoms with van der Waals surface area (Å²) in [6.45, 7) is 1.54. The first kappa shape index (κ1) is 17.5. The molecule has 0 saturated heterocycles. The molecule has 0 radical (unpaired) electrons. The smallest absolute Gasteiger partial charge is 0.262 e. The summed E-state index contributed by atoms with van der Waals surface area (Å²) in [6.07, 6.45) is 1.27. The molecule has 0 bridgehead atoms. The number of hydrogen-bond donors (Lipinski definition) is 1. The molecule has 0 saturated carbocycles. The summed E-state index contributed by atoms with van der Waals surface area (Å²) in [5, 5.41) is 2.78. The minimum Gasteiger partial charge on any atom is -0.484 e. The van der Waals surface area contributed by atoms with Crippen LogP contribution in [0.2, 0.25) is 0 Å². The number of ketones is 1. The van der Waals surface area contributed by atoms with Crippen molar-refractivity contribution >= 4 is 40.0 Å². The van der Waals surface area contributed by atoms with Crippen molar-refractivity contribution in [2.24, 2.45) is 0 Å². The summed E-state index contributed by atoms with van der Waals surface area (Å²) in [4.78, 5) is 22.8. The topological polar surface area (TPSA) is 55.4 Å². The van der Waals surface area contributed by atoms with Crippen LogP contribution in [0.15, 0.2) is 48.5 Å². The SMILES string of the molecule is CC(=O)CCc1ccc(OCC(=O)Nc2ccc(I)cc2)cc1. The Bertz CT molecular complexity index is 666. The highest BCUT2D eigenvalue weighted by atomic mass is 127. The van der Waals surface area contributed by atoms with Crippen molar-refractivity contribution in [1.29, 1.82) is 0 Å². The van der Waals surface area contributed by atoms with E-state index in [0.29, 0.717) is 12.2 Å². The third kappa shape index (κ3) is 6.40. The minimum atomic E-state index is -0.202. The zero-order chi connectivity index (χ0) is 16.7. The second kappa shape index (κ2) is 8.67. The van der Waals surface area contributed by atoms with Crippen LogP contribution >= 0.6 is 22.6 Å². The number of halogens is 1. The molecule has 5 heteroatoms. The van der Waals surface area contributed by atoms with Crippen LogP contribution in [0.4, 0.5) is 5.69 Å². The molecule has 0 aliphatic rings. The Labute approximate surface area is 149 Å². The van der Waals surface area contributed by atoms with Gasteiger partial charge in [0.1, 0.15) is 11.5 Å². The number of aryl methyl sites for hydroxylation is 1. The molecule has 120 valence electrons. The van der Waals surface area contributed by atoms with E-state index in [0.717, 1.165) is 21.2 Å². The molecule has 2 aromatic carbocycles. The fraction of sp³-hybridized carbons (Fsp3) is 0.222. The molecule has 23 heavy (non-hydrogen) atoms. The van der Waals surface area contributed by atoms with Gasteiger partial charge in [-0.3, -0.25) is 4.79 Å². The Kier molecular flexibility index (Phi) is 6.58. The van der Waals surface area contributed by atoms with Gasteiger partial charge in [0.25, 0.3) is 5.91 Å². The van der Waals surface area contributed by atoms with Crippen LogP contribution in [0.5, 0.6) is 5.75 Å². The second-order valence-corrected chi connectivity index (χ2v) is 6.44. The number of nitrogens with one attached hydrogen (secondary N) is 1. The molecule has 0 fully saturated rings. The van der Waals surface area contributed by atoms with Crippen molar-refractivity contribution in [3.05, 3.63) is 57.7 Å². The minimum absolute atomic E-state index is 0.0429. The van der Waals surface area contributed by atoms with Gasteiger partial charge in [0, 0.05) is 15.7 Å². The largest absolute Gasteiger partial charge is 0.484 e. The highest BCUT2D eigenvalue weighted by molar-refractivity contribution is 14.1. The summed E-state index contributed by atoms with van der Waals surface area (Å²) >= 11 is 2.21. The van der Waals surface area contributed by atoms with E-state index in [1.54, 1.807) is 6.92 Å². The van der Waals surface area contributed by atoms with E-state index in [-0.39, 0.29) is 18.3 Å². The van der Waals surface area contributed by atoms with Crippen LogP contribution < -0.4 is 10.1 Å².